The number of piperazine rings is 1. The van der Waals surface area contributed by atoms with Crippen LogP contribution in [0.25, 0.3) is 0 Å². The van der Waals surface area contributed by atoms with E-state index in [0.717, 1.165) is 18.7 Å². The van der Waals surface area contributed by atoms with Gasteiger partial charge in [0.15, 0.2) is 0 Å². The van der Waals surface area contributed by atoms with E-state index in [1.54, 1.807) is 18.2 Å². The molecule has 3 atom stereocenters. The lowest BCUT2D eigenvalue weighted by molar-refractivity contribution is -0.384. The summed E-state index contributed by atoms with van der Waals surface area (Å²) < 4.78 is 0. The third-order valence-electron chi connectivity index (χ3n) is 3.70. The third-order valence-corrected chi connectivity index (χ3v) is 3.70. The summed E-state index contributed by atoms with van der Waals surface area (Å²) in [5.74, 6) is 0. The van der Waals surface area contributed by atoms with Crippen molar-refractivity contribution >= 4 is 5.69 Å². The second-order valence-corrected chi connectivity index (χ2v) is 5.45. The van der Waals surface area contributed by atoms with Crippen molar-refractivity contribution in [2.75, 3.05) is 13.1 Å². The highest BCUT2D eigenvalue weighted by Gasteiger charge is 2.25. The molecule has 1 saturated heterocycles. The minimum atomic E-state index is -0.334. The van der Waals surface area contributed by atoms with Crippen LogP contribution in [0.3, 0.4) is 0 Å². The average Bonchev–Trinajstić information content (AvgIpc) is 2.37. The number of nitrogens with one attached hydrogen (secondary N) is 1. The van der Waals surface area contributed by atoms with Crippen LogP contribution in [-0.4, -0.2) is 35.0 Å². The van der Waals surface area contributed by atoms with Gasteiger partial charge >= 0.3 is 0 Å². The van der Waals surface area contributed by atoms with E-state index in [1.807, 2.05) is 6.07 Å². The van der Waals surface area contributed by atoms with E-state index < -0.39 is 0 Å². The number of hydrogen-bond donors (Lipinski definition) is 1. The predicted octanol–water partition coefficient (Wildman–Crippen LogP) is 2.34. The first-order valence-corrected chi connectivity index (χ1v) is 6.72. The second kappa shape index (κ2) is 5.67. The lowest BCUT2D eigenvalue weighted by Crippen LogP contribution is -2.54. The lowest BCUT2D eigenvalue weighted by atomic mass is 10.0. The van der Waals surface area contributed by atoms with Crippen LogP contribution < -0.4 is 5.32 Å². The molecule has 1 aliphatic rings. The molecule has 1 fully saturated rings. The highest BCUT2D eigenvalue weighted by Crippen LogP contribution is 2.25. The predicted molar refractivity (Wildman–Crippen MR) is 75.1 cm³/mol. The average molecular weight is 263 g/mol. The molecule has 2 rings (SSSR count). The van der Waals surface area contributed by atoms with Gasteiger partial charge in [0.2, 0.25) is 0 Å². The zero-order valence-electron chi connectivity index (χ0n) is 11.7. The van der Waals surface area contributed by atoms with Crippen LogP contribution in [0.1, 0.15) is 32.4 Å². The van der Waals surface area contributed by atoms with Gasteiger partial charge in [-0.2, -0.15) is 0 Å². The Kier molecular flexibility index (Phi) is 4.17. The van der Waals surface area contributed by atoms with Crippen LogP contribution in [0, 0.1) is 10.1 Å². The van der Waals surface area contributed by atoms with Gasteiger partial charge in [0.25, 0.3) is 5.69 Å². The molecule has 3 unspecified atom stereocenters. The minimum Gasteiger partial charge on any atom is -0.309 e. The van der Waals surface area contributed by atoms with E-state index in [1.165, 1.54) is 0 Å². The Bertz CT molecular complexity index is 454. The quantitative estimate of drug-likeness (QED) is 0.671. The molecule has 0 saturated carbocycles. The molecule has 1 aromatic carbocycles. The summed E-state index contributed by atoms with van der Waals surface area (Å²) >= 11 is 0. The van der Waals surface area contributed by atoms with Gasteiger partial charge in [-0.05, 0) is 26.3 Å². The van der Waals surface area contributed by atoms with Gasteiger partial charge in [0.1, 0.15) is 0 Å². The standard InChI is InChI=1S/C14H21N3O2/c1-10-8-16(9-11(2)15-10)12(3)13-5-4-6-14(7-13)17(18)19/h4-7,10-12,15H,8-9H2,1-3H3. The minimum absolute atomic E-state index is 0.167. The number of benzene rings is 1. The van der Waals surface area contributed by atoms with Gasteiger partial charge in [-0.1, -0.05) is 12.1 Å². The smallest absolute Gasteiger partial charge is 0.269 e. The van der Waals surface area contributed by atoms with Crippen molar-refractivity contribution in [1.29, 1.82) is 0 Å². The van der Waals surface area contributed by atoms with Crippen LogP contribution in [0.15, 0.2) is 24.3 Å². The van der Waals surface area contributed by atoms with Gasteiger partial charge in [0, 0.05) is 43.3 Å². The lowest BCUT2D eigenvalue weighted by Gasteiger charge is -2.39. The molecule has 5 nitrogen and oxygen atoms in total. The summed E-state index contributed by atoms with van der Waals surface area (Å²) in [4.78, 5) is 12.9. The highest BCUT2D eigenvalue weighted by molar-refractivity contribution is 5.35. The zero-order chi connectivity index (χ0) is 14.0. The molecular formula is C14H21N3O2. The van der Waals surface area contributed by atoms with E-state index in [4.69, 9.17) is 0 Å². The summed E-state index contributed by atoms with van der Waals surface area (Å²) in [5.41, 5.74) is 1.18. The summed E-state index contributed by atoms with van der Waals surface area (Å²) in [6.45, 7) is 8.39. The van der Waals surface area contributed by atoms with E-state index in [9.17, 15) is 10.1 Å². The Labute approximate surface area is 113 Å². The van der Waals surface area contributed by atoms with Crippen LogP contribution in [0.5, 0.6) is 0 Å². The number of rotatable bonds is 3. The Morgan fingerprint density at radius 1 is 1.37 bits per heavy atom. The maximum absolute atomic E-state index is 10.8. The molecule has 0 aromatic heterocycles. The Morgan fingerprint density at radius 3 is 2.58 bits per heavy atom. The van der Waals surface area contributed by atoms with E-state index >= 15 is 0 Å². The summed E-state index contributed by atoms with van der Waals surface area (Å²) in [6, 6.07) is 8.05. The Hall–Kier alpha value is -1.46. The molecular weight excluding hydrogens is 242 g/mol. The van der Waals surface area contributed by atoms with Gasteiger partial charge < -0.3 is 5.32 Å². The SMILES string of the molecule is CC1CN(C(C)c2cccc([N+](=O)[O-])c2)CC(C)N1. The van der Waals surface area contributed by atoms with Crippen molar-refractivity contribution in [2.24, 2.45) is 0 Å². The largest absolute Gasteiger partial charge is 0.309 e. The number of non-ortho nitro benzene ring substituents is 1. The number of hydrogen-bond acceptors (Lipinski definition) is 4. The fourth-order valence-corrected chi connectivity index (χ4v) is 2.79. The molecule has 0 bridgehead atoms. The van der Waals surface area contributed by atoms with Gasteiger partial charge in [-0.25, -0.2) is 0 Å². The Balaban J connectivity index is 2.16. The summed E-state index contributed by atoms with van der Waals surface area (Å²) in [7, 11) is 0. The van der Waals surface area contributed by atoms with Gasteiger partial charge in [0.05, 0.1) is 4.92 Å². The number of nitro benzene ring substituents is 1. The summed E-state index contributed by atoms with van der Waals surface area (Å²) in [6.07, 6.45) is 0. The molecule has 0 amide bonds. The molecule has 1 aliphatic heterocycles. The van der Waals surface area contributed by atoms with Crippen molar-refractivity contribution in [3.63, 3.8) is 0 Å². The molecule has 1 aromatic rings. The topological polar surface area (TPSA) is 58.4 Å². The number of nitro groups is 1. The molecule has 0 radical (unpaired) electrons. The first kappa shape index (κ1) is 14.0. The van der Waals surface area contributed by atoms with Crippen LogP contribution >= 0.6 is 0 Å². The zero-order valence-corrected chi connectivity index (χ0v) is 11.7. The van der Waals surface area contributed by atoms with E-state index in [0.29, 0.717) is 12.1 Å². The van der Waals surface area contributed by atoms with Crippen LogP contribution in [-0.2, 0) is 0 Å². The van der Waals surface area contributed by atoms with Gasteiger partial charge in [-0.3, -0.25) is 15.0 Å². The van der Waals surface area contributed by atoms with Crippen molar-refractivity contribution in [3.8, 4) is 0 Å². The summed E-state index contributed by atoms with van der Waals surface area (Å²) in [5, 5.41) is 14.3. The van der Waals surface area contributed by atoms with Crippen LogP contribution in [0.4, 0.5) is 5.69 Å². The normalized spacial score (nSPS) is 26.1. The molecule has 19 heavy (non-hydrogen) atoms. The Morgan fingerprint density at radius 2 is 2.00 bits per heavy atom. The molecule has 104 valence electrons. The molecule has 0 aliphatic carbocycles. The van der Waals surface area contributed by atoms with E-state index in [2.05, 4.69) is 31.0 Å². The fraction of sp³-hybridized carbons (Fsp3) is 0.571. The maximum atomic E-state index is 10.8. The third kappa shape index (κ3) is 3.30. The van der Waals surface area contributed by atoms with Crippen molar-refractivity contribution in [1.82, 2.24) is 10.2 Å². The van der Waals surface area contributed by atoms with Crippen molar-refractivity contribution in [2.45, 2.75) is 38.9 Å². The van der Waals surface area contributed by atoms with Crippen molar-refractivity contribution < 1.29 is 4.92 Å². The van der Waals surface area contributed by atoms with Crippen molar-refractivity contribution in [3.05, 3.63) is 39.9 Å². The molecule has 1 N–H and O–H groups in total. The first-order valence-electron chi connectivity index (χ1n) is 6.72. The maximum Gasteiger partial charge on any atom is 0.269 e. The monoisotopic (exact) mass is 263 g/mol. The first-order chi connectivity index (χ1) is 8.97. The molecule has 1 heterocycles. The molecule has 5 heteroatoms. The number of nitrogens with zero attached hydrogens (tertiary/aromatic N) is 2. The highest BCUT2D eigenvalue weighted by atomic mass is 16.6. The van der Waals surface area contributed by atoms with E-state index in [-0.39, 0.29) is 16.7 Å². The molecule has 0 spiro atoms. The van der Waals surface area contributed by atoms with Crippen LogP contribution in [0.2, 0.25) is 0 Å². The van der Waals surface area contributed by atoms with Gasteiger partial charge in [-0.15, -0.1) is 0 Å². The second-order valence-electron chi connectivity index (χ2n) is 5.45. The fourth-order valence-electron chi connectivity index (χ4n) is 2.79.